The minimum Gasteiger partial charge on any atom is -0.497 e. The molecule has 0 unspecified atom stereocenters. The number of nitriles is 1. The van der Waals surface area contributed by atoms with E-state index >= 15 is 0 Å². The third-order valence-corrected chi connectivity index (χ3v) is 2.08. The number of allylic oxidation sites excluding steroid dienone is 1. The van der Waals surface area contributed by atoms with E-state index in [1.54, 1.807) is 25.3 Å². The van der Waals surface area contributed by atoms with Gasteiger partial charge in [-0.25, -0.2) is 0 Å². The summed E-state index contributed by atoms with van der Waals surface area (Å²) in [5.41, 5.74) is 1.52. The lowest BCUT2D eigenvalue weighted by Crippen LogP contribution is -1.95. The van der Waals surface area contributed by atoms with Crippen LogP contribution in [0.5, 0.6) is 5.75 Å². The summed E-state index contributed by atoms with van der Waals surface area (Å²) < 4.78 is 5.09. The van der Waals surface area contributed by atoms with Crippen LogP contribution in [0.25, 0.3) is 0 Å². The summed E-state index contributed by atoms with van der Waals surface area (Å²) in [6, 6.07) is 7.51. The molecular weight excluding hydrogens is 174 g/mol. The zero-order chi connectivity index (χ0) is 10.6. The van der Waals surface area contributed by atoms with E-state index in [0.29, 0.717) is 5.56 Å². The Morgan fingerprint density at radius 3 is 2.79 bits per heavy atom. The molecule has 1 rings (SSSR count). The van der Waals surface area contributed by atoms with Crippen LogP contribution in [0.2, 0.25) is 0 Å². The van der Waals surface area contributed by atoms with Gasteiger partial charge in [0, 0.05) is 5.92 Å². The molecule has 0 aliphatic carbocycles. The number of hydrogen-bond acceptors (Lipinski definition) is 2. The molecule has 0 N–H and O–H groups in total. The Morgan fingerprint density at radius 2 is 2.29 bits per heavy atom. The Kier molecular flexibility index (Phi) is 3.30. The first-order valence-corrected chi connectivity index (χ1v) is 4.27. The van der Waals surface area contributed by atoms with Crippen molar-refractivity contribution >= 4 is 0 Å². The minimum atomic E-state index is 0.642. The molecule has 0 aliphatic heterocycles. The second-order valence-electron chi connectivity index (χ2n) is 2.91. The topological polar surface area (TPSA) is 33.0 Å². The molecular formula is C12H12NO. The summed E-state index contributed by atoms with van der Waals surface area (Å²) in [6.07, 6.45) is 1.73. The number of methoxy groups -OCH3 is 1. The van der Waals surface area contributed by atoms with E-state index in [9.17, 15) is 0 Å². The van der Waals surface area contributed by atoms with Crippen LogP contribution in [0.4, 0.5) is 0 Å². The number of ether oxygens (including phenoxy) is 1. The second-order valence-corrected chi connectivity index (χ2v) is 2.91. The van der Waals surface area contributed by atoms with Crippen LogP contribution < -0.4 is 4.74 Å². The Labute approximate surface area is 84.4 Å². The molecule has 0 aromatic heterocycles. The van der Waals surface area contributed by atoms with Gasteiger partial charge in [0.05, 0.1) is 18.7 Å². The van der Waals surface area contributed by atoms with Gasteiger partial charge in [0.1, 0.15) is 5.75 Å². The van der Waals surface area contributed by atoms with Gasteiger partial charge in [-0.2, -0.15) is 5.26 Å². The van der Waals surface area contributed by atoms with E-state index in [1.807, 2.05) is 13.0 Å². The molecule has 0 saturated carbocycles. The fraction of sp³-hybridized carbons (Fsp3) is 0.167. The largest absolute Gasteiger partial charge is 0.497 e. The molecule has 14 heavy (non-hydrogen) atoms. The zero-order valence-electron chi connectivity index (χ0n) is 8.37. The van der Waals surface area contributed by atoms with Crippen LogP contribution >= 0.6 is 0 Å². The highest BCUT2D eigenvalue weighted by Gasteiger charge is 2.09. The third-order valence-electron chi connectivity index (χ3n) is 2.08. The predicted molar refractivity (Wildman–Crippen MR) is 55.9 cm³/mol. The Morgan fingerprint density at radius 1 is 1.57 bits per heavy atom. The molecule has 71 valence electrons. The van der Waals surface area contributed by atoms with Crippen LogP contribution in [0.3, 0.4) is 0 Å². The molecule has 2 nitrogen and oxygen atoms in total. The van der Waals surface area contributed by atoms with Crippen LogP contribution in [0, 0.1) is 17.2 Å². The molecule has 0 heterocycles. The first-order valence-electron chi connectivity index (χ1n) is 4.27. The van der Waals surface area contributed by atoms with E-state index in [0.717, 1.165) is 17.2 Å². The van der Waals surface area contributed by atoms with E-state index in [4.69, 9.17) is 10.00 Å². The van der Waals surface area contributed by atoms with E-state index in [1.165, 1.54) is 0 Å². The molecule has 1 aromatic rings. The molecule has 1 aromatic carbocycles. The van der Waals surface area contributed by atoms with E-state index in [2.05, 4.69) is 12.6 Å². The van der Waals surface area contributed by atoms with Crippen LogP contribution in [0.1, 0.15) is 18.1 Å². The van der Waals surface area contributed by atoms with Crippen LogP contribution in [0.15, 0.2) is 30.9 Å². The van der Waals surface area contributed by atoms with Crippen molar-refractivity contribution in [1.82, 2.24) is 0 Å². The van der Waals surface area contributed by atoms with E-state index < -0.39 is 0 Å². The molecule has 2 heteroatoms. The van der Waals surface area contributed by atoms with Crippen molar-refractivity contribution in [1.29, 1.82) is 5.26 Å². The first kappa shape index (κ1) is 10.3. The quantitative estimate of drug-likeness (QED) is 0.727. The average molecular weight is 186 g/mol. The summed E-state index contributed by atoms with van der Waals surface area (Å²) >= 11 is 0. The third kappa shape index (κ3) is 1.94. The fourth-order valence-corrected chi connectivity index (χ4v) is 1.18. The summed E-state index contributed by atoms with van der Waals surface area (Å²) in [5.74, 6) is 1.72. The first-order chi connectivity index (χ1) is 6.72. The minimum absolute atomic E-state index is 0.642. The van der Waals surface area contributed by atoms with Crippen molar-refractivity contribution in [2.24, 2.45) is 0 Å². The van der Waals surface area contributed by atoms with Gasteiger partial charge in [-0.1, -0.05) is 13.0 Å². The second kappa shape index (κ2) is 4.48. The highest BCUT2D eigenvalue weighted by molar-refractivity contribution is 5.51. The van der Waals surface area contributed by atoms with Gasteiger partial charge in [0.25, 0.3) is 0 Å². The Hall–Kier alpha value is -1.75. The van der Waals surface area contributed by atoms with Gasteiger partial charge in [-0.05, 0) is 23.8 Å². The Bertz CT molecular complexity index is 376. The SMILES string of the molecule is C=C[C](C)c1cc(OC)ccc1C#N. The molecule has 0 aliphatic rings. The van der Waals surface area contributed by atoms with Crippen molar-refractivity contribution in [3.8, 4) is 11.8 Å². The van der Waals surface area contributed by atoms with Gasteiger partial charge in [-0.3, -0.25) is 0 Å². The van der Waals surface area contributed by atoms with Gasteiger partial charge < -0.3 is 4.74 Å². The predicted octanol–water partition coefficient (Wildman–Crippen LogP) is 2.70. The molecule has 0 fully saturated rings. The average Bonchev–Trinajstić information content (AvgIpc) is 2.27. The molecule has 0 bridgehead atoms. The van der Waals surface area contributed by atoms with Crippen molar-refractivity contribution in [3.63, 3.8) is 0 Å². The number of hydrogen-bond donors (Lipinski definition) is 0. The lowest BCUT2D eigenvalue weighted by molar-refractivity contribution is 0.414. The number of nitrogens with zero attached hydrogens (tertiary/aromatic N) is 1. The normalized spacial score (nSPS) is 9.57. The summed E-state index contributed by atoms with van der Waals surface area (Å²) in [5, 5.41) is 8.89. The molecule has 0 atom stereocenters. The molecule has 1 radical (unpaired) electrons. The molecule has 0 spiro atoms. The highest BCUT2D eigenvalue weighted by Crippen LogP contribution is 2.24. The van der Waals surface area contributed by atoms with Crippen LogP contribution in [-0.2, 0) is 0 Å². The number of rotatable bonds is 3. The summed E-state index contributed by atoms with van der Waals surface area (Å²) in [6.45, 7) is 5.60. The Balaban J connectivity index is 3.22. The zero-order valence-corrected chi connectivity index (χ0v) is 8.37. The highest BCUT2D eigenvalue weighted by atomic mass is 16.5. The standard InChI is InChI=1S/C12H12NO/c1-4-9(2)12-7-11(14-3)6-5-10(12)8-13/h4-7H,1H2,2-3H3. The maximum absolute atomic E-state index is 8.89. The van der Waals surface area contributed by atoms with Gasteiger partial charge in [0.2, 0.25) is 0 Å². The summed E-state index contributed by atoms with van der Waals surface area (Å²) in [4.78, 5) is 0. The number of benzene rings is 1. The summed E-state index contributed by atoms with van der Waals surface area (Å²) in [7, 11) is 1.61. The van der Waals surface area contributed by atoms with Gasteiger partial charge in [-0.15, -0.1) is 6.58 Å². The van der Waals surface area contributed by atoms with E-state index in [-0.39, 0.29) is 0 Å². The molecule has 0 amide bonds. The maximum Gasteiger partial charge on any atom is 0.119 e. The van der Waals surface area contributed by atoms with Gasteiger partial charge >= 0.3 is 0 Å². The monoisotopic (exact) mass is 186 g/mol. The van der Waals surface area contributed by atoms with Gasteiger partial charge in [0.15, 0.2) is 0 Å². The van der Waals surface area contributed by atoms with Crippen molar-refractivity contribution in [2.45, 2.75) is 6.92 Å². The maximum atomic E-state index is 8.89. The molecule has 0 saturated heterocycles. The van der Waals surface area contributed by atoms with Crippen molar-refractivity contribution in [3.05, 3.63) is 47.9 Å². The van der Waals surface area contributed by atoms with Crippen LogP contribution in [-0.4, -0.2) is 7.11 Å². The smallest absolute Gasteiger partial charge is 0.119 e. The lowest BCUT2D eigenvalue weighted by Gasteiger charge is -2.09. The van der Waals surface area contributed by atoms with Crippen molar-refractivity contribution < 1.29 is 4.74 Å². The van der Waals surface area contributed by atoms with Crippen molar-refractivity contribution in [2.75, 3.05) is 7.11 Å². The lowest BCUT2D eigenvalue weighted by atomic mass is 9.96. The fourth-order valence-electron chi connectivity index (χ4n) is 1.18.